The second-order valence-electron chi connectivity index (χ2n) is 4.61. The molecule has 1 aromatic rings. The summed E-state index contributed by atoms with van der Waals surface area (Å²) < 4.78 is 16.3. The predicted octanol–water partition coefficient (Wildman–Crippen LogP) is 3.55. The van der Waals surface area contributed by atoms with Crippen LogP contribution in [0.1, 0.15) is 12.0 Å². The van der Waals surface area contributed by atoms with Crippen LogP contribution in [0, 0.1) is 0 Å². The fourth-order valence-corrected chi connectivity index (χ4v) is 2.17. The lowest BCUT2D eigenvalue weighted by Gasteiger charge is -2.31. The molecule has 0 heterocycles. The number of hydrogen-bond acceptors (Lipinski definition) is 3. The lowest BCUT2D eigenvalue weighted by atomic mass is 9.97. The second-order valence-corrected chi connectivity index (χ2v) is 4.61. The number of methoxy groups -OCH3 is 3. The predicted molar refractivity (Wildman–Crippen MR) is 80.0 cm³/mol. The van der Waals surface area contributed by atoms with E-state index in [4.69, 9.17) is 14.2 Å². The Balaban J connectivity index is 2.22. The molecule has 0 radical (unpaired) electrons. The summed E-state index contributed by atoms with van der Waals surface area (Å²) in [6, 6.07) is 10.2. The van der Waals surface area contributed by atoms with Gasteiger partial charge in [-0.1, -0.05) is 42.5 Å². The van der Waals surface area contributed by atoms with Crippen LogP contribution in [-0.2, 0) is 14.2 Å². The lowest BCUT2D eigenvalue weighted by molar-refractivity contribution is -0.170. The molecule has 20 heavy (non-hydrogen) atoms. The van der Waals surface area contributed by atoms with Crippen molar-refractivity contribution < 1.29 is 14.2 Å². The fraction of sp³-hybridized carbons (Fsp3) is 0.294. The van der Waals surface area contributed by atoms with Gasteiger partial charge >= 0.3 is 0 Å². The summed E-state index contributed by atoms with van der Waals surface area (Å²) in [4.78, 5) is 0. The first-order valence-electron chi connectivity index (χ1n) is 6.52. The average molecular weight is 272 g/mol. The number of benzene rings is 1. The molecule has 0 fully saturated rings. The van der Waals surface area contributed by atoms with Gasteiger partial charge in [-0.25, -0.2) is 0 Å². The third-order valence-electron chi connectivity index (χ3n) is 3.36. The van der Waals surface area contributed by atoms with Gasteiger partial charge in [-0.05, 0) is 17.2 Å². The topological polar surface area (TPSA) is 27.7 Å². The van der Waals surface area contributed by atoms with E-state index in [0.717, 1.165) is 16.9 Å². The van der Waals surface area contributed by atoms with Crippen molar-refractivity contribution in [3.05, 3.63) is 65.5 Å². The molecule has 106 valence electrons. The quantitative estimate of drug-likeness (QED) is 0.767. The van der Waals surface area contributed by atoms with Crippen LogP contribution >= 0.6 is 0 Å². The number of ether oxygens (including phenoxy) is 3. The molecular weight excluding hydrogens is 252 g/mol. The van der Waals surface area contributed by atoms with Gasteiger partial charge in [0.2, 0.25) is 0 Å². The molecular formula is C17H20O3. The third-order valence-corrected chi connectivity index (χ3v) is 3.36. The van der Waals surface area contributed by atoms with E-state index in [9.17, 15) is 0 Å². The molecule has 1 aromatic carbocycles. The van der Waals surface area contributed by atoms with Gasteiger partial charge in [-0.15, -0.1) is 0 Å². The number of hydrogen-bond donors (Lipinski definition) is 0. The molecule has 0 saturated carbocycles. The molecule has 0 N–H and O–H groups in total. The highest BCUT2D eigenvalue weighted by molar-refractivity contribution is 5.54. The van der Waals surface area contributed by atoms with Crippen molar-refractivity contribution in [1.29, 1.82) is 0 Å². The minimum absolute atomic E-state index is 0.649. The van der Waals surface area contributed by atoms with E-state index in [-0.39, 0.29) is 0 Å². The lowest BCUT2D eigenvalue weighted by Crippen LogP contribution is -2.34. The molecule has 0 spiro atoms. The van der Waals surface area contributed by atoms with Crippen molar-refractivity contribution in [2.45, 2.75) is 12.2 Å². The highest BCUT2D eigenvalue weighted by Gasteiger charge is 2.31. The van der Waals surface area contributed by atoms with Crippen molar-refractivity contribution in [1.82, 2.24) is 0 Å². The number of rotatable bonds is 5. The van der Waals surface area contributed by atoms with Gasteiger partial charge < -0.3 is 14.2 Å². The second kappa shape index (κ2) is 6.55. The molecule has 1 aliphatic carbocycles. The summed E-state index contributed by atoms with van der Waals surface area (Å²) in [7, 11) is 4.91. The Labute approximate surface area is 120 Å². The summed E-state index contributed by atoms with van der Waals surface area (Å²) in [5.74, 6) is -0.0103. The molecule has 0 bridgehead atoms. The van der Waals surface area contributed by atoms with Crippen LogP contribution in [0.3, 0.4) is 0 Å². The van der Waals surface area contributed by atoms with Crippen LogP contribution in [-0.4, -0.2) is 27.1 Å². The normalized spacial score (nSPS) is 17.8. The monoisotopic (exact) mass is 272 g/mol. The van der Waals surface area contributed by atoms with Gasteiger partial charge in [-0.3, -0.25) is 0 Å². The van der Waals surface area contributed by atoms with E-state index in [0.29, 0.717) is 6.42 Å². The van der Waals surface area contributed by atoms with Crippen molar-refractivity contribution in [2.24, 2.45) is 0 Å². The van der Waals surface area contributed by atoms with E-state index in [1.165, 1.54) is 0 Å². The Hall–Kier alpha value is -1.84. The van der Waals surface area contributed by atoms with Crippen LogP contribution in [0.5, 0.6) is 0 Å². The molecule has 0 unspecified atom stereocenters. The standard InChI is InChI=1S/C17H20O3/c1-18-16-11-15(12-17(13-16,19-2)20-3)10-9-14-7-5-4-6-8-14/h4-11,13H,12H2,1-3H3. The summed E-state index contributed by atoms with van der Waals surface area (Å²) in [5, 5.41) is 0. The third kappa shape index (κ3) is 3.38. The van der Waals surface area contributed by atoms with Crippen LogP contribution in [0.4, 0.5) is 0 Å². The van der Waals surface area contributed by atoms with Gasteiger partial charge in [0.05, 0.1) is 7.11 Å². The Morgan fingerprint density at radius 2 is 1.70 bits per heavy atom. The van der Waals surface area contributed by atoms with E-state index in [1.807, 2.05) is 30.4 Å². The molecule has 1 aliphatic rings. The molecule has 0 aromatic heterocycles. The van der Waals surface area contributed by atoms with Gasteiger partial charge in [0.1, 0.15) is 5.76 Å². The van der Waals surface area contributed by atoms with Gasteiger partial charge in [0.15, 0.2) is 5.79 Å². The minimum Gasteiger partial charge on any atom is -0.497 e. The van der Waals surface area contributed by atoms with Crippen LogP contribution in [0.15, 0.2) is 59.9 Å². The first kappa shape index (κ1) is 14.6. The molecule has 3 heteroatoms. The molecule has 0 aliphatic heterocycles. The average Bonchev–Trinajstić information content (AvgIpc) is 2.53. The maximum absolute atomic E-state index is 5.49. The summed E-state index contributed by atoms with van der Waals surface area (Å²) in [6.07, 6.45) is 8.63. The molecule has 2 rings (SSSR count). The SMILES string of the molecule is COC1=CC(OC)(OC)CC(C=Cc2ccccc2)=C1. The van der Waals surface area contributed by atoms with Crippen LogP contribution in [0.2, 0.25) is 0 Å². The zero-order chi connectivity index (χ0) is 14.4. The maximum Gasteiger partial charge on any atom is 0.195 e. The Kier molecular flexibility index (Phi) is 4.77. The summed E-state index contributed by atoms with van der Waals surface area (Å²) in [6.45, 7) is 0. The Bertz CT molecular complexity index is 522. The van der Waals surface area contributed by atoms with Crippen molar-refractivity contribution in [3.63, 3.8) is 0 Å². The highest BCUT2D eigenvalue weighted by Crippen LogP contribution is 2.31. The van der Waals surface area contributed by atoms with Gasteiger partial charge in [0.25, 0.3) is 0 Å². The van der Waals surface area contributed by atoms with Crippen LogP contribution in [0.25, 0.3) is 6.08 Å². The molecule has 0 amide bonds. The summed E-state index contributed by atoms with van der Waals surface area (Å²) in [5.41, 5.74) is 2.25. The highest BCUT2D eigenvalue weighted by atomic mass is 16.7. The van der Waals surface area contributed by atoms with Crippen molar-refractivity contribution >= 4 is 6.08 Å². The van der Waals surface area contributed by atoms with Gasteiger partial charge in [0, 0.05) is 26.7 Å². The van der Waals surface area contributed by atoms with Crippen molar-refractivity contribution in [2.75, 3.05) is 21.3 Å². The zero-order valence-corrected chi connectivity index (χ0v) is 12.1. The van der Waals surface area contributed by atoms with Crippen molar-refractivity contribution in [3.8, 4) is 0 Å². The van der Waals surface area contributed by atoms with Gasteiger partial charge in [-0.2, -0.15) is 0 Å². The van der Waals surface area contributed by atoms with E-state index in [1.54, 1.807) is 21.3 Å². The van der Waals surface area contributed by atoms with E-state index in [2.05, 4.69) is 24.3 Å². The van der Waals surface area contributed by atoms with E-state index >= 15 is 0 Å². The number of allylic oxidation sites excluding steroid dienone is 2. The maximum atomic E-state index is 5.49. The summed E-state index contributed by atoms with van der Waals surface area (Å²) >= 11 is 0. The Morgan fingerprint density at radius 1 is 1.00 bits per heavy atom. The van der Waals surface area contributed by atoms with Crippen LogP contribution < -0.4 is 0 Å². The molecule has 0 atom stereocenters. The van der Waals surface area contributed by atoms with E-state index < -0.39 is 5.79 Å². The Morgan fingerprint density at radius 3 is 2.30 bits per heavy atom. The molecule has 0 saturated heterocycles. The molecule has 3 nitrogen and oxygen atoms in total. The fourth-order valence-electron chi connectivity index (χ4n) is 2.17. The first-order chi connectivity index (χ1) is 9.71. The zero-order valence-electron chi connectivity index (χ0n) is 12.1. The largest absolute Gasteiger partial charge is 0.497 e. The first-order valence-corrected chi connectivity index (χ1v) is 6.52. The minimum atomic E-state index is -0.754. The smallest absolute Gasteiger partial charge is 0.195 e.